The van der Waals surface area contributed by atoms with E-state index in [4.69, 9.17) is 0 Å². The Morgan fingerprint density at radius 1 is 1.64 bits per heavy atom. The predicted octanol–water partition coefficient (Wildman–Crippen LogP) is 0.806. The molecule has 1 unspecified atom stereocenters. The van der Waals surface area contributed by atoms with E-state index in [-0.39, 0.29) is 5.91 Å². The molecule has 0 aromatic heterocycles. The van der Waals surface area contributed by atoms with Crippen LogP contribution in [-0.2, 0) is 4.79 Å². The summed E-state index contributed by atoms with van der Waals surface area (Å²) in [7, 11) is 0. The zero-order chi connectivity index (χ0) is 10.6. The minimum atomic E-state index is 0.290. The van der Waals surface area contributed by atoms with Gasteiger partial charge < -0.3 is 10.2 Å². The van der Waals surface area contributed by atoms with Crippen LogP contribution in [0.15, 0.2) is 0 Å². The lowest BCUT2D eigenvalue weighted by atomic mass is 10.0. The third-order valence-electron chi connectivity index (χ3n) is 2.64. The van der Waals surface area contributed by atoms with Crippen LogP contribution in [0.2, 0.25) is 0 Å². The van der Waals surface area contributed by atoms with Gasteiger partial charge in [0.05, 0.1) is 5.75 Å². The van der Waals surface area contributed by atoms with Crippen LogP contribution in [0.4, 0.5) is 0 Å². The highest BCUT2D eigenvalue weighted by atomic mass is 32.2. The van der Waals surface area contributed by atoms with Crippen molar-refractivity contribution in [1.29, 1.82) is 0 Å². The fraction of sp³-hybridized carbons (Fsp3) is 0.900. The lowest BCUT2D eigenvalue weighted by molar-refractivity contribution is -0.132. The second-order valence-corrected chi connectivity index (χ2v) is 4.90. The number of hydrogen-bond acceptors (Lipinski definition) is 3. The highest BCUT2D eigenvalue weighted by molar-refractivity contribution is 7.99. The highest BCUT2D eigenvalue weighted by Gasteiger charge is 2.27. The second kappa shape index (κ2) is 5.61. The number of piperazine rings is 1. The van der Waals surface area contributed by atoms with Gasteiger partial charge >= 0.3 is 0 Å². The van der Waals surface area contributed by atoms with E-state index in [9.17, 15) is 4.79 Å². The molecule has 0 saturated carbocycles. The van der Waals surface area contributed by atoms with Crippen molar-refractivity contribution in [2.24, 2.45) is 5.92 Å². The molecule has 1 heterocycles. The lowest BCUT2D eigenvalue weighted by Gasteiger charge is -2.38. The Kier molecular flexibility index (Phi) is 4.75. The maximum atomic E-state index is 11.8. The first-order valence-electron chi connectivity index (χ1n) is 5.16. The largest absolute Gasteiger partial charge is 0.336 e. The first-order chi connectivity index (χ1) is 6.66. The van der Waals surface area contributed by atoms with Gasteiger partial charge in [0.2, 0.25) is 5.91 Å². The molecular formula is C10H20N2OS. The number of carbonyl (C=O) groups is 1. The zero-order valence-electron chi connectivity index (χ0n) is 9.25. The van der Waals surface area contributed by atoms with E-state index < -0.39 is 0 Å². The molecular weight excluding hydrogens is 196 g/mol. The minimum absolute atomic E-state index is 0.290. The van der Waals surface area contributed by atoms with Gasteiger partial charge in [-0.25, -0.2) is 0 Å². The van der Waals surface area contributed by atoms with Crippen LogP contribution in [0.25, 0.3) is 0 Å². The Morgan fingerprint density at radius 2 is 2.36 bits per heavy atom. The van der Waals surface area contributed by atoms with Crippen LogP contribution >= 0.6 is 11.8 Å². The van der Waals surface area contributed by atoms with Crippen LogP contribution in [0.5, 0.6) is 0 Å². The third-order valence-corrected chi connectivity index (χ3v) is 3.18. The Hall–Kier alpha value is -0.220. The molecule has 1 saturated heterocycles. The summed E-state index contributed by atoms with van der Waals surface area (Å²) in [4.78, 5) is 13.8. The van der Waals surface area contributed by atoms with Crippen LogP contribution < -0.4 is 5.32 Å². The van der Waals surface area contributed by atoms with Crippen molar-refractivity contribution in [3.05, 3.63) is 0 Å². The molecule has 1 atom stereocenters. The molecule has 1 fully saturated rings. The molecule has 1 rings (SSSR count). The van der Waals surface area contributed by atoms with Crippen LogP contribution in [0.3, 0.4) is 0 Å². The summed E-state index contributed by atoms with van der Waals surface area (Å²) in [6.07, 6.45) is 1.98. The summed E-state index contributed by atoms with van der Waals surface area (Å²) in [5.74, 6) is 1.44. The molecule has 1 N–H and O–H groups in total. The molecule has 3 nitrogen and oxygen atoms in total. The SMILES string of the molecule is CSCC(=O)N1CCNCC1C(C)C. The normalized spacial score (nSPS) is 22.9. The zero-order valence-corrected chi connectivity index (χ0v) is 10.1. The molecule has 0 aromatic rings. The average molecular weight is 216 g/mol. The third kappa shape index (κ3) is 2.89. The number of thioether (sulfide) groups is 1. The topological polar surface area (TPSA) is 32.3 Å². The van der Waals surface area contributed by atoms with E-state index in [1.54, 1.807) is 11.8 Å². The molecule has 1 amide bonds. The first-order valence-corrected chi connectivity index (χ1v) is 6.55. The van der Waals surface area contributed by atoms with Crippen LogP contribution in [0, 0.1) is 5.92 Å². The van der Waals surface area contributed by atoms with Gasteiger partial charge in [-0.2, -0.15) is 11.8 Å². The first kappa shape index (κ1) is 11.9. The van der Waals surface area contributed by atoms with Gasteiger partial charge in [0.15, 0.2) is 0 Å². The highest BCUT2D eigenvalue weighted by Crippen LogP contribution is 2.14. The van der Waals surface area contributed by atoms with Crippen molar-refractivity contribution in [2.45, 2.75) is 19.9 Å². The molecule has 0 radical (unpaired) electrons. The fourth-order valence-corrected chi connectivity index (χ4v) is 2.25. The van der Waals surface area contributed by atoms with Crippen molar-refractivity contribution in [3.63, 3.8) is 0 Å². The molecule has 0 spiro atoms. The van der Waals surface area contributed by atoms with Gasteiger partial charge in [0, 0.05) is 25.7 Å². The minimum Gasteiger partial charge on any atom is -0.336 e. The maximum absolute atomic E-state index is 11.8. The van der Waals surface area contributed by atoms with E-state index >= 15 is 0 Å². The summed E-state index contributed by atoms with van der Waals surface area (Å²) in [6, 6.07) is 0.378. The Morgan fingerprint density at radius 3 is 2.93 bits per heavy atom. The number of nitrogens with one attached hydrogen (secondary N) is 1. The molecule has 4 heteroatoms. The number of carbonyl (C=O) groups excluding carboxylic acids is 1. The lowest BCUT2D eigenvalue weighted by Crippen LogP contribution is -2.56. The van der Waals surface area contributed by atoms with Crippen molar-refractivity contribution >= 4 is 17.7 Å². The molecule has 0 aliphatic carbocycles. The van der Waals surface area contributed by atoms with Gasteiger partial charge in [-0.05, 0) is 12.2 Å². The van der Waals surface area contributed by atoms with Crippen molar-refractivity contribution in [2.75, 3.05) is 31.6 Å². The quantitative estimate of drug-likeness (QED) is 0.757. The summed E-state index contributed by atoms with van der Waals surface area (Å²) >= 11 is 1.61. The number of nitrogens with zero attached hydrogens (tertiary/aromatic N) is 1. The van der Waals surface area contributed by atoms with Crippen LogP contribution in [-0.4, -0.2) is 48.5 Å². The number of amides is 1. The predicted molar refractivity (Wildman–Crippen MR) is 61.6 cm³/mol. The Labute approximate surface area is 90.6 Å². The van der Waals surface area contributed by atoms with E-state index in [2.05, 4.69) is 19.2 Å². The average Bonchev–Trinajstić information content (AvgIpc) is 2.18. The summed E-state index contributed by atoms with van der Waals surface area (Å²) in [6.45, 7) is 7.09. The van der Waals surface area contributed by atoms with Crippen molar-refractivity contribution < 1.29 is 4.79 Å². The smallest absolute Gasteiger partial charge is 0.232 e. The number of rotatable bonds is 3. The Bertz CT molecular complexity index is 197. The molecule has 0 bridgehead atoms. The molecule has 1 aliphatic heterocycles. The molecule has 82 valence electrons. The molecule has 1 aliphatic rings. The van der Waals surface area contributed by atoms with Crippen molar-refractivity contribution in [1.82, 2.24) is 10.2 Å². The van der Waals surface area contributed by atoms with E-state index in [0.717, 1.165) is 19.6 Å². The van der Waals surface area contributed by atoms with E-state index in [1.807, 2.05) is 11.2 Å². The monoisotopic (exact) mass is 216 g/mol. The van der Waals surface area contributed by atoms with Crippen LogP contribution in [0.1, 0.15) is 13.8 Å². The van der Waals surface area contributed by atoms with Crippen molar-refractivity contribution in [3.8, 4) is 0 Å². The van der Waals surface area contributed by atoms with Gasteiger partial charge in [-0.3, -0.25) is 4.79 Å². The van der Waals surface area contributed by atoms with Gasteiger partial charge in [-0.1, -0.05) is 13.8 Å². The Balaban J connectivity index is 2.57. The summed E-state index contributed by atoms with van der Waals surface area (Å²) in [5.41, 5.74) is 0. The van der Waals surface area contributed by atoms with E-state index in [1.165, 1.54) is 0 Å². The standard InChI is InChI=1S/C10H20N2OS/c1-8(2)9-6-11-4-5-12(9)10(13)7-14-3/h8-9,11H,4-7H2,1-3H3. The fourth-order valence-electron chi connectivity index (χ4n) is 1.84. The molecule has 14 heavy (non-hydrogen) atoms. The second-order valence-electron chi connectivity index (χ2n) is 4.04. The maximum Gasteiger partial charge on any atom is 0.232 e. The van der Waals surface area contributed by atoms with Gasteiger partial charge in [0.25, 0.3) is 0 Å². The van der Waals surface area contributed by atoms with Gasteiger partial charge in [-0.15, -0.1) is 0 Å². The summed E-state index contributed by atoms with van der Waals surface area (Å²) < 4.78 is 0. The molecule has 0 aromatic carbocycles. The van der Waals surface area contributed by atoms with Gasteiger partial charge in [0.1, 0.15) is 0 Å². The van der Waals surface area contributed by atoms with E-state index in [0.29, 0.717) is 17.7 Å². The summed E-state index contributed by atoms with van der Waals surface area (Å²) in [5, 5.41) is 3.34. The number of hydrogen-bond donors (Lipinski definition) is 1.